The van der Waals surface area contributed by atoms with Crippen molar-refractivity contribution in [3.05, 3.63) is 86.6 Å². The number of amides is 2. The van der Waals surface area contributed by atoms with E-state index in [9.17, 15) is 19.2 Å². The molecular formula is C23H25N5O5. The number of methoxy groups -OCH3 is 1. The summed E-state index contributed by atoms with van der Waals surface area (Å²) in [6.45, 7) is 1.22. The second kappa shape index (κ2) is 10.4. The lowest BCUT2D eigenvalue weighted by molar-refractivity contribution is -0.116. The highest BCUT2D eigenvalue weighted by atomic mass is 16.5. The van der Waals surface area contributed by atoms with Crippen LogP contribution in [0.1, 0.15) is 18.1 Å². The van der Waals surface area contributed by atoms with Gasteiger partial charge in [0.25, 0.3) is 5.56 Å². The van der Waals surface area contributed by atoms with Crippen molar-refractivity contribution in [2.45, 2.75) is 26.6 Å². The molecule has 10 heteroatoms. The van der Waals surface area contributed by atoms with Gasteiger partial charge in [0.05, 0.1) is 13.0 Å². The topological polar surface area (TPSA) is 137 Å². The van der Waals surface area contributed by atoms with Crippen LogP contribution in [0.4, 0.5) is 17.2 Å². The van der Waals surface area contributed by atoms with E-state index in [0.29, 0.717) is 11.3 Å². The zero-order valence-electron chi connectivity index (χ0n) is 18.3. The van der Waals surface area contributed by atoms with Gasteiger partial charge >= 0.3 is 5.69 Å². The Morgan fingerprint density at radius 1 is 0.939 bits per heavy atom. The molecule has 172 valence electrons. The number of nitrogen functional groups attached to an aromatic ring is 1. The van der Waals surface area contributed by atoms with Crippen LogP contribution in [0.3, 0.4) is 0 Å². The third-order valence-corrected chi connectivity index (χ3v) is 4.81. The summed E-state index contributed by atoms with van der Waals surface area (Å²) in [6, 6.07) is 15.7. The number of hydrogen-bond donors (Lipinski definition) is 3. The first kappa shape index (κ1) is 23.5. The van der Waals surface area contributed by atoms with Crippen LogP contribution >= 0.6 is 0 Å². The molecule has 33 heavy (non-hydrogen) atoms. The summed E-state index contributed by atoms with van der Waals surface area (Å²) in [5.74, 6) is -0.876. The number of carbonyl (C=O) groups excluding carboxylic acids is 2. The molecule has 0 unspecified atom stereocenters. The molecule has 0 aliphatic carbocycles. The number of rotatable bonds is 8. The fourth-order valence-corrected chi connectivity index (χ4v) is 3.27. The van der Waals surface area contributed by atoms with Gasteiger partial charge < -0.3 is 21.1 Å². The van der Waals surface area contributed by atoms with Gasteiger partial charge in [-0.05, 0) is 23.3 Å². The molecule has 0 bridgehead atoms. The number of nitrogens with one attached hydrogen (secondary N) is 2. The van der Waals surface area contributed by atoms with Gasteiger partial charge in [-0.2, -0.15) is 0 Å². The zero-order chi connectivity index (χ0) is 24.0. The van der Waals surface area contributed by atoms with E-state index in [1.54, 1.807) is 48.5 Å². The molecule has 0 saturated heterocycles. The van der Waals surface area contributed by atoms with Gasteiger partial charge in [-0.15, -0.1) is 0 Å². The van der Waals surface area contributed by atoms with Gasteiger partial charge in [-0.25, -0.2) is 4.79 Å². The molecule has 0 fully saturated rings. The van der Waals surface area contributed by atoms with Crippen molar-refractivity contribution in [1.82, 2.24) is 9.13 Å². The Morgan fingerprint density at radius 2 is 1.61 bits per heavy atom. The molecule has 0 saturated carbocycles. The summed E-state index contributed by atoms with van der Waals surface area (Å²) in [6.07, 6.45) is -0.0404. The summed E-state index contributed by atoms with van der Waals surface area (Å²) >= 11 is 0. The third-order valence-electron chi connectivity index (χ3n) is 4.81. The fraction of sp³-hybridized carbons (Fsp3) is 0.217. The third kappa shape index (κ3) is 5.74. The van der Waals surface area contributed by atoms with E-state index in [0.717, 1.165) is 14.7 Å². The first-order valence-corrected chi connectivity index (χ1v) is 10.1. The first-order valence-electron chi connectivity index (χ1n) is 10.1. The second-order valence-electron chi connectivity index (χ2n) is 7.37. The van der Waals surface area contributed by atoms with Crippen molar-refractivity contribution in [2.75, 3.05) is 23.5 Å². The summed E-state index contributed by atoms with van der Waals surface area (Å²) < 4.78 is 7.14. The molecule has 3 aromatic rings. The van der Waals surface area contributed by atoms with Crippen molar-refractivity contribution in [1.29, 1.82) is 0 Å². The molecule has 0 aliphatic rings. The number of anilines is 3. The van der Waals surface area contributed by atoms with Crippen LogP contribution in [0, 0.1) is 0 Å². The van der Waals surface area contributed by atoms with E-state index in [4.69, 9.17) is 10.5 Å². The summed E-state index contributed by atoms with van der Waals surface area (Å²) in [7, 11) is 1.39. The standard InChI is InChI=1S/C23H25N5O5/c1-15(29)25-18-10-8-16(9-11-18)12-19(30)26-20-21(24)28(14-33-2)23(32)27(22(20)31)13-17-6-4-3-5-7-17/h3-11H,12-14,24H2,1-2H3,(H,25,29)(H,26,30). The summed E-state index contributed by atoms with van der Waals surface area (Å²) in [4.78, 5) is 49.7. The van der Waals surface area contributed by atoms with E-state index >= 15 is 0 Å². The Hall–Kier alpha value is -4.18. The Balaban J connectivity index is 1.89. The van der Waals surface area contributed by atoms with Crippen molar-refractivity contribution in [2.24, 2.45) is 0 Å². The van der Waals surface area contributed by atoms with Gasteiger partial charge in [0, 0.05) is 19.7 Å². The van der Waals surface area contributed by atoms with Crippen LogP contribution in [-0.2, 0) is 34.0 Å². The Bertz CT molecular complexity index is 1260. The highest BCUT2D eigenvalue weighted by Crippen LogP contribution is 2.14. The molecule has 0 spiro atoms. The zero-order valence-corrected chi connectivity index (χ0v) is 18.3. The molecule has 0 aliphatic heterocycles. The predicted molar refractivity (Wildman–Crippen MR) is 125 cm³/mol. The van der Waals surface area contributed by atoms with Crippen LogP contribution < -0.4 is 27.6 Å². The quantitative estimate of drug-likeness (QED) is 0.473. The molecule has 3 rings (SSSR count). The lowest BCUT2D eigenvalue weighted by atomic mass is 10.1. The van der Waals surface area contributed by atoms with E-state index in [1.165, 1.54) is 14.0 Å². The van der Waals surface area contributed by atoms with E-state index in [-0.39, 0.29) is 37.1 Å². The molecule has 2 aromatic carbocycles. The minimum atomic E-state index is -0.705. The number of hydrogen-bond acceptors (Lipinski definition) is 6. The maximum Gasteiger partial charge on any atom is 0.334 e. The van der Waals surface area contributed by atoms with Gasteiger partial charge in [0.15, 0.2) is 0 Å². The predicted octanol–water partition coefficient (Wildman–Crippen LogP) is 1.38. The minimum Gasteiger partial charge on any atom is -0.383 e. The molecule has 1 heterocycles. The number of nitrogens with two attached hydrogens (primary N) is 1. The molecular weight excluding hydrogens is 426 g/mol. The molecule has 2 amide bonds. The van der Waals surface area contributed by atoms with Crippen LogP contribution in [0.2, 0.25) is 0 Å². The van der Waals surface area contributed by atoms with Gasteiger partial charge in [-0.1, -0.05) is 42.5 Å². The SMILES string of the molecule is COCn1c(N)c(NC(=O)Cc2ccc(NC(C)=O)cc2)c(=O)n(Cc2ccccc2)c1=O. The molecule has 0 atom stereocenters. The number of aromatic nitrogens is 2. The number of ether oxygens (including phenoxy) is 1. The highest BCUT2D eigenvalue weighted by molar-refractivity contribution is 5.94. The van der Waals surface area contributed by atoms with E-state index in [2.05, 4.69) is 10.6 Å². The van der Waals surface area contributed by atoms with Gasteiger partial charge in [-0.3, -0.25) is 23.5 Å². The van der Waals surface area contributed by atoms with Crippen LogP contribution in [-0.4, -0.2) is 28.1 Å². The Labute approximate surface area is 189 Å². The van der Waals surface area contributed by atoms with Crippen LogP contribution in [0.5, 0.6) is 0 Å². The van der Waals surface area contributed by atoms with Crippen molar-refractivity contribution < 1.29 is 14.3 Å². The van der Waals surface area contributed by atoms with E-state index in [1.807, 2.05) is 6.07 Å². The first-order chi connectivity index (χ1) is 15.8. The molecule has 1 aromatic heterocycles. The average molecular weight is 451 g/mol. The van der Waals surface area contributed by atoms with E-state index < -0.39 is 17.2 Å². The maximum absolute atomic E-state index is 13.1. The molecule has 4 N–H and O–H groups in total. The fourth-order valence-electron chi connectivity index (χ4n) is 3.27. The molecule has 0 radical (unpaired) electrons. The summed E-state index contributed by atoms with van der Waals surface area (Å²) in [5, 5.41) is 5.19. The van der Waals surface area contributed by atoms with Crippen LogP contribution in [0.15, 0.2) is 64.2 Å². The maximum atomic E-state index is 13.1. The molecule has 10 nitrogen and oxygen atoms in total. The van der Waals surface area contributed by atoms with Crippen molar-refractivity contribution in [3.8, 4) is 0 Å². The summed E-state index contributed by atoms with van der Waals surface area (Å²) in [5.41, 5.74) is 6.52. The Morgan fingerprint density at radius 3 is 2.21 bits per heavy atom. The minimum absolute atomic E-state index is 0.00990. The number of benzene rings is 2. The van der Waals surface area contributed by atoms with Gasteiger partial charge in [0.1, 0.15) is 18.2 Å². The van der Waals surface area contributed by atoms with Crippen LogP contribution in [0.25, 0.3) is 0 Å². The largest absolute Gasteiger partial charge is 0.383 e. The Kier molecular flexibility index (Phi) is 7.42. The van der Waals surface area contributed by atoms with Crippen molar-refractivity contribution >= 4 is 29.0 Å². The normalized spacial score (nSPS) is 10.6. The highest BCUT2D eigenvalue weighted by Gasteiger charge is 2.19. The lowest BCUT2D eigenvalue weighted by Gasteiger charge is -2.17. The monoisotopic (exact) mass is 451 g/mol. The second-order valence-corrected chi connectivity index (χ2v) is 7.37. The lowest BCUT2D eigenvalue weighted by Crippen LogP contribution is -2.43. The van der Waals surface area contributed by atoms with Crippen molar-refractivity contribution in [3.63, 3.8) is 0 Å². The smallest absolute Gasteiger partial charge is 0.334 e. The number of carbonyl (C=O) groups is 2. The number of nitrogens with zero attached hydrogens (tertiary/aromatic N) is 2. The average Bonchev–Trinajstić information content (AvgIpc) is 2.79. The van der Waals surface area contributed by atoms with Gasteiger partial charge in [0.2, 0.25) is 11.8 Å².